The van der Waals surface area contributed by atoms with Crippen molar-refractivity contribution in [3.63, 3.8) is 0 Å². The van der Waals surface area contributed by atoms with Gasteiger partial charge in [0.05, 0.1) is 5.69 Å². The quantitative estimate of drug-likeness (QED) is 0.653. The lowest BCUT2D eigenvalue weighted by Gasteiger charge is -2.11. The van der Waals surface area contributed by atoms with Crippen LogP contribution in [0.5, 0.6) is 5.75 Å². The molecular weight excluding hydrogens is 372 g/mol. The molecule has 0 fully saturated rings. The lowest BCUT2D eigenvalue weighted by atomic mass is 10.1. The van der Waals surface area contributed by atoms with E-state index < -0.39 is 0 Å². The van der Waals surface area contributed by atoms with Crippen LogP contribution in [0.4, 0.5) is 0 Å². The topological polar surface area (TPSA) is 34.2 Å². The largest absolute Gasteiger partial charge is 0.488 e. The van der Waals surface area contributed by atoms with Crippen molar-refractivity contribution in [3.8, 4) is 17.0 Å². The van der Waals surface area contributed by atoms with Gasteiger partial charge in [-0.2, -0.15) is 0 Å². The van der Waals surface area contributed by atoms with Gasteiger partial charge in [-0.05, 0) is 30.8 Å². The molecule has 0 amide bonds. The lowest BCUT2D eigenvalue weighted by molar-refractivity contribution is 0.307. The molecule has 0 aliphatic carbocycles. The molecule has 23 heavy (non-hydrogen) atoms. The van der Waals surface area contributed by atoms with Crippen molar-refractivity contribution < 1.29 is 4.74 Å². The number of thiazole rings is 1. The summed E-state index contributed by atoms with van der Waals surface area (Å²) in [7, 11) is 1.93. The lowest BCUT2D eigenvalue weighted by Crippen LogP contribution is -2.04. The summed E-state index contributed by atoms with van der Waals surface area (Å²) in [5.41, 5.74) is 3.11. The smallest absolute Gasteiger partial charge is 0.129 e. The van der Waals surface area contributed by atoms with Crippen molar-refractivity contribution in [1.82, 2.24) is 10.3 Å². The van der Waals surface area contributed by atoms with Crippen molar-refractivity contribution in [2.75, 3.05) is 7.05 Å². The molecule has 0 saturated heterocycles. The summed E-state index contributed by atoms with van der Waals surface area (Å²) in [5.74, 6) is 0.846. The van der Waals surface area contributed by atoms with Crippen LogP contribution in [0.1, 0.15) is 10.6 Å². The zero-order chi connectivity index (χ0) is 16.1. The first-order chi connectivity index (χ1) is 11.3. The van der Waals surface area contributed by atoms with Gasteiger partial charge in [-0.15, -0.1) is 11.3 Å². The van der Waals surface area contributed by atoms with Crippen LogP contribution in [-0.4, -0.2) is 12.0 Å². The zero-order valence-corrected chi connectivity index (χ0v) is 15.2. The van der Waals surface area contributed by atoms with Gasteiger partial charge in [-0.1, -0.05) is 46.3 Å². The minimum atomic E-state index is 0.545. The number of hydrogen-bond acceptors (Lipinski definition) is 4. The van der Waals surface area contributed by atoms with Crippen LogP contribution >= 0.6 is 27.3 Å². The normalized spacial score (nSPS) is 10.7. The fourth-order valence-corrected chi connectivity index (χ4v) is 3.40. The highest BCUT2D eigenvalue weighted by Gasteiger charge is 2.11. The maximum absolute atomic E-state index is 6.03. The summed E-state index contributed by atoms with van der Waals surface area (Å²) in [5, 5.41) is 6.27. The predicted molar refractivity (Wildman–Crippen MR) is 98.8 cm³/mol. The van der Waals surface area contributed by atoms with E-state index in [1.165, 1.54) is 0 Å². The molecular formula is C18H17BrN2OS. The van der Waals surface area contributed by atoms with Crippen molar-refractivity contribution in [2.45, 2.75) is 13.2 Å². The molecule has 0 spiro atoms. The molecule has 3 rings (SSSR count). The molecule has 0 atom stereocenters. The molecule has 118 valence electrons. The summed E-state index contributed by atoms with van der Waals surface area (Å²) in [4.78, 5) is 4.68. The molecule has 1 N–H and O–H groups in total. The van der Waals surface area contributed by atoms with Crippen molar-refractivity contribution in [1.29, 1.82) is 0 Å². The number of nitrogens with zero attached hydrogens (tertiary/aromatic N) is 1. The second-order valence-electron chi connectivity index (χ2n) is 5.07. The second kappa shape index (κ2) is 7.73. The van der Waals surface area contributed by atoms with Gasteiger partial charge in [0.25, 0.3) is 0 Å². The van der Waals surface area contributed by atoms with Gasteiger partial charge in [-0.25, -0.2) is 4.98 Å². The average Bonchev–Trinajstić information content (AvgIpc) is 3.03. The van der Waals surface area contributed by atoms with E-state index in [4.69, 9.17) is 4.74 Å². The fraction of sp³-hybridized carbons (Fsp3) is 0.167. The van der Waals surface area contributed by atoms with Gasteiger partial charge in [0.1, 0.15) is 17.4 Å². The Morgan fingerprint density at radius 1 is 1.17 bits per heavy atom. The Balaban J connectivity index is 1.85. The van der Waals surface area contributed by atoms with Crippen LogP contribution in [0.25, 0.3) is 11.3 Å². The Morgan fingerprint density at radius 2 is 2.00 bits per heavy atom. The predicted octanol–water partition coefficient (Wildman–Crippen LogP) is 4.87. The first kappa shape index (κ1) is 16.2. The van der Waals surface area contributed by atoms with E-state index in [1.54, 1.807) is 11.3 Å². The van der Waals surface area contributed by atoms with Crippen molar-refractivity contribution >= 4 is 27.3 Å². The van der Waals surface area contributed by atoms with Crippen molar-refractivity contribution in [3.05, 3.63) is 69.0 Å². The highest BCUT2D eigenvalue weighted by molar-refractivity contribution is 9.10. The minimum Gasteiger partial charge on any atom is -0.488 e. The highest BCUT2D eigenvalue weighted by atomic mass is 79.9. The Labute approximate surface area is 148 Å². The monoisotopic (exact) mass is 388 g/mol. The number of ether oxygens (including phenoxy) is 1. The van der Waals surface area contributed by atoms with Gasteiger partial charge < -0.3 is 10.1 Å². The number of benzene rings is 2. The van der Waals surface area contributed by atoms with E-state index in [-0.39, 0.29) is 0 Å². The SMILES string of the molecule is CNCc1nc(-c2cc(Br)ccc2OCc2ccccc2)cs1. The Kier molecular flexibility index (Phi) is 5.43. The number of nitrogens with one attached hydrogen (secondary N) is 1. The van der Waals surface area contributed by atoms with Crippen LogP contribution in [0.15, 0.2) is 58.4 Å². The Morgan fingerprint density at radius 3 is 2.78 bits per heavy atom. The molecule has 3 nitrogen and oxygen atoms in total. The molecule has 0 aliphatic heterocycles. The molecule has 0 bridgehead atoms. The molecule has 1 aromatic heterocycles. The third-order valence-corrected chi connectivity index (χ3v) is 4.68. The van der Waals surface area contributed by atoms with Gasteiger partial charge >= 0.3 is 0 Å². The molecule has 0 aliphatic rings. The number of halogens is 1. The van der Waals surface area contributed by atoms with E-state index in [1.807, 2.05) is 37.4 Å². The van der Waals surface area contributed by atoms with E-state index in [0.717, 1.165) is 38.6 Å². The van der Waals surface area contributed by atoms with E-state index in [2.05, 4.69) is 49.8 Å². The minimum absolute atomic E-state index is 0.545. The van der Waals surface area contributed by atoms with Crippen LogP contribution in [0.3, 0.4) is 0 Å². The standard InChI is InChI=1S/C18H17BrN2OS/c1-20-10-18-21-16(12-23-18)15-9-14(19)7-8-17(15)22-11-13-5-3-2-4-6-13/h2-9,12,20H,10-11H2,1H3. The second-order valence-corrected chi connectivity index (χ2v) is 6.93. The third-order valence-electron chi connectivity index (χ3n) is 3.33. The molecule has 0 unspecified atom stereocenters. The molecule has 0 saturated carbocycles. The van der Waals surface area contributed by atoms with E-state index in [9.17, 15) is 0 Å². The van der Waals surface area contributed by atoms with Crippen molar-refractivity contribution in [2.24, 2.45) is 0 Å². The molecule has 2 aromatic carbocycles. The van der Waals surface area contributed by atoms with Gasteiger partial charge in [0.15, 0.2) is 0 Å². The Bertz CT molecular complexity index is 774. The van der Waals surface area contributed by atoms with Crippen LogP contribution in [-0.2, 0) is 13.2 Å². The molecule has 0 radical (unpaired) electrons. The molecule has 3 aromatic rings. The summed E-state index contributed by atoms with van der Waals surface area (Å²) in [6.45, 7) is 1.32. The summed E-state index contributed by atoms with van der Waals surface area (Å²) < 4.78 is 7.05. The average molecular weight is 389 g/mol. The third kappa shape index (κ3) is 4.19. The highest BCUT2D eigenvalue weighted by Crippen LogP contribution is 2.34. The zero-order valence-electron chi connectivity index (χ0n) is 12.8. The molecule has 1 heterocycles. The molecule has 5 heteroatoms. The van der Waals surface area contributed by atoms with E-state index >= 15 is 0 Å². The maximum Gasteiger partial charge on any atom is 0.129 e. The number of hydrogen-bond donors (Lipinski definition) is 1. The van der Waals surface area contributed by atoms with E-state index in [0.29, 0.717) is 6.61 Å². The summed E-state index contributed by atoms with van der Waals surface area (Å²) in [6, 6.07) is 16.2. The van der Waals surface area contributed by atoms with Gasteiger partial charge in [0, 0.05) is 22.0 Å². The summed E-state index contributed by atoms with van der Waals surface area (Å²) in [6.07, 6.45) is 0. The number of rotatable bonds is 6. The van der Waals surface area contributed by atoms with Crippen LogP contribution < -0.4 is 10.1 Å². The number of aromatic nitrogens is 1. The Hall–Kier alpha value is -1.69. The summed E-state index contributed by atoms with van der Waals surface area (Å²) >= 11 is 5.19. The van der Waals surface area contributed by atoms with Gasteiger partial charge in [0.2, 0.25) is 0 Å². The first-order valence-corrected chi connectivity index (χ1v) is 8.99. The first-order valence-electron chi connectivity index (χ1n) is 7.32. The van der Waals surface area contributed by atoms with Crippen LogP contribution in [0.2, 0.25) is 0 Å². The van der Waals surface area contributed by atoms with Crippen LogP contribution in [0, 0.1) is 0 Å². The maximum atomic E-state index is 6.03. The fourth-order valence-electron chi connectivity index (χ4n) is 2.23. The van der Waals surface area contributed by atoms with Gasteiger partial charge in [-0.3, -0.25) is 0 Å².